The lowest BCUT2D eigenvalue weighted by atomic mass is 9.97. The van der Waals surface area contributed by atoms with E-state index >= 15 is 0 Å². The summed E-state index contributed by atoms with van der Waals surface area (Å²) in [7, 11) is 0. The smallest absolute Gasteiger partial charge is 0.402 e. The molecule has 0 saturated carbocycles. The summed E-state index contributed by atoms with van der Waals surface area (Å²) in [6, 6.07) is 18.3. The second-order valence-electron chi connectivity index (χ2n) is 17.7. The Balaban J connectivity index is 1.12. The first-order valence-electron chi connectivity index (χ1n) is 23.2. The highest BCUT2D eigenvalue weighted by molar-refractivity contribution is 5.89. The molecule has 3 aliphatic heterocycles. The number of fused-ring (bicyclic) bond motifs is 1. The van der Waals surface area contributed by atoms with Crippen molar-refractivity contribution in [2.45, 2.75) is 92.1 Å². The summed E-state index contributed by atoms with van der Waals surface area (Å²) in [5.74, 6) is -4.30. The molecule has 25 heteroatoms. The van der Waals surface area contributed by atoms with Crippen LogP contribution in [0, 0.1) is 0 Å². The molecule has 0 radical (unpaired) electrons. The highest BCUT2D eigenvalue weighted by Crippen LogP contribution is 2.43. The molecule has 1 aromatic heterocycles. The highest BCUT2D eigenvalue weighted by atomic mass is 16.8. The fourth-order valence-corrected chi connectivity index (χ4v) is 8.17. The van der Waals surface area contributed by atoms with Gasteiger partial charge in [0, 0.05) is 24.3 Å². The number of hydrogen-bond acceptors (Lipinski definition) is 24. The number of aliphatic hydroxyl groups is 9. The van der Waals surface area contributed by atoms with Crippen molar-refractivity contribution >= 4 is 35.1 Å². The summed E-state index contributed by atoms with van der Waals surface area (Å²) >= 11 is 0. The fraction of sp³-hybridized carbons (Fsp3) is 0.353. The van der Waals surface area contributed by atoms with Crippen LogP contribution in [0.25, 0.3) is 34.4 Å². The van der Waals surface area contributed by atoms with Gasteiger partial charge < -0.3 is 109 Å². The van der Waals surface area contributed by atoms with Crippen LogP contribution in [0.2, 0.25) is 0 Å². The number of phenols is 5. The van der Waals surface area contributed by atoms with Crippen LogP contribution >= 0.6 is 0 Å². The Hall–Kier alpha value is -7.21. The van der Waals surface area contributed by atoms with E-state index in [9.17, 15) is 81.1 Å². The number of benzene rings is 4. The molecule has 0 unspecified atom stereocenters. The number of carbonyl (C=O) groups excluding carboxylic acids is 2. The molecule has 76 heavy (non-hydrogen) atoms. The van der Waals surface area contributed by atoms with Crippen molar-refractivity contribution in [1.82, 2.24) is 0 Å². The molecular weight excluding hydrogens is 1010 g/mol. The molecule has 406 valence electrons. The molecule has 3 aliphatic rings. The molecule has 8 rings (SSSR count). The molecule has 3 saturated heterocycles. The summed E-state index contributed by atoms with van der Waals surface area (Å²) in [4.78, 5) is 25.6. The van der Waals surface area contributed by atoms with Crippen molar-refractivity contribution in [2.24, 2.45) is 0 Å². The molecule has 4 aromatic carbocycles. The monoisotopic (exact) mass is 1070 g/mol. The summed E-state index contributed by atoms with van der Waals surface area (Å²) in [5.41, 5.74) is 0.841. The number of aromatic hydroxyl groups is 5. The maximum atomic E-state index is 12.9. The van der Waals surface area contributed by atoms with Gasteiger partial charge in [-0.25, -0.2) is 14.0 Å². The molecule has 15 atom stereocenters. The number of ether oxygens (including phenoxy) is 8. The molecule has 0 amide bonds. The van der Waals surface area contributed by atoms with Gasteiger partial charge in [0.15, 0.2) is 23.9 Å². The average molecular weight is 1070 g/mol. The number of aliphatic hydroxyl groups excluding tert-OH is 9. The zero-order valence-corrected chi connectivity index (χ0v) is 39.4. The van der Waals surface area contributed by atoms with E-state index < -0.39 is 141 Å². The maximum absolute atomic E-state index is 12.9. The number of hydrogen-bond donors (Lipinski definition) is 14. The Labute approximate surface area is 429 Å². The molecule has 25 nitrogen and oxygen atoms in total. The van der Waals surface area contributed by atoms with E-state index in [2.05, 4.69) is 0 Å². The minimum atomic E-state index is -2.12. The van der Waals surface area contributed by atoms with Crippen LogP contribution in [-0.2, 0) is 38.0 Å². The van der Waals surface area contributed by atoms with Crippen molar-refractivity contribution in [3.8, 4) is 51.6 Å². The lowest BCUT2D eigenvalue weighted by Crippen LogP contribution is -2.65. The van der Waals surface area contributed by atoms with Crippen LogP contribution in [0.5, 0.6) is 40.2 Å². The van der Waals surface area contributed by atoms with Crippen molar-refractivity contribution in [3.63, 3.8) is 0 Å². The molecule has 5 aromatic rings. The van der Waals surface area contributed by atoms with E-state index in [1.165, 1.54) is 78.9 Å². The van der Waals surface area contributed by atoms with Crippen molar-refractivity contribution < 1.29 is 123 Å². The molecule has 0 aliphatic carbocycles. The van der Waals surface area contributed by atoms with E-state index in [4.69, 9.17) is 42.3 Å². The van der Waals surface area contributed by atoms with Gasteiger partial charge >= 0.3 is 23.3 Å². The van der Waals surface area contributed by atoms with E-state index in [1.54, 1.807) is 0 Å². The molecule has 14 N–H and O–H groups in total. The average Bonchev–Trinajstić information content (AvgIpc) is 3.41. The fourth-order valence-electron chi connectivity index (χ4n) is 8.17. The molecule has 0 bridgehead atoms. The molecular formula is C51H53O25+. The van der Waals surface area contributed by atoms with Crippen LogP contribution in [0.15, 0.2) is 101 Å². The normalized spacial score (nSPS) is 29.8. The van der Waals surface area contributed by atoms with Gasteiger partial charge in [-0.2, -0.15) is 0 Å². The standard InChI is InChI=1S/C51H52O25/c52-19-34-39(60)42(63)45(66)49(73-34)71-32-17-27(55)16-31-28(32)18-33(47(70-31)24-6-10-26(54)11-7-24)72-51-48(44(65)41(62)36(75-51)21-69-37(58)13-4-22-1-8-25(53)9-2-22)76-50-46(67)43(64)40(61)35(74-50)20-68-38(59)14-5-23-3-12-29(56)30(57)15-23/h1-18,34-36,39-46,48-52,60-67H,19-21H2,(H4-,53,54,55,56,57,58,59)/p+1/t34-,35-,36-,39-,40-,41-,42-,43-,44-,45-,46-,48-,49-,50+,51-/m1/s1. The van der Waals surface area contributed by atoms with Crippen LogP contribution in [0.3, 0.4) is 0 Å². The van der Waals surface area contributed by atoms with E-state index in [0.29, 0.717) is 5.56 Å². The van der Waals surface area contributed by atoms with Crippen molar-refractivity contribution in [1.29, 1.82) is 0 Å². The van der Waals surface area contributed by atoms with Gasteiger partial charge in [0.2, 0.25) is 18.3 Å². The second kappa shape index (κ2) is 23.8. The predicted molar refractivity (Wildman–Crippen MR) is 255 cm³/mol. The topological polar surface area (TPSA) is 403 Å². The number of esters is 2. The first-order valence-corrected chi connectivity index (χ1v) is 23.2. The largest absolute Gasteiger partial charge is 0.508 e. The predicted octanol–water partition coefficient (Wildman–Crippen LogP) is -0.381. The Morgan fingerprint density at radius 1 is 0.513 bits per heavy atom. The van der Waals surface area contributed by atoms with Gasteiger partial charge in [-0.3, -0.25) is 0 Å². The van der Waals surface area contributed by atoms with E-state index in [-0.39, 0.29) is 50.9 Å². The molecule has 3 fully saturated rings. The Morgan fingerprint density at radius 3 is 1.66 bits per heavy atom. The third-order valence-corrected chi connectivity index (χ3v) is 12.4. The van der Waals surface area contributed by atoms with Gasteiger partial charge in [0.1, 0.15) is 109 Å². The van der Waals surface area contributed by atoms with Crippen LogP contribution in [0.1, 0.15) is 11.1 Å². The number of rotatable bonds is 16. The summed E-state index contributed by atoms with van der Waals surface area (Å²) in [6.45, 7) is -2.33. The minimum absolute atomic E-state index is 0.0197. The minimum Gasteiger partial charge on any atom is -0.508 e. The zero-order chi connectivity index (χ0) is 54.5. The van der Waals surface area contributed by atoms with Crippen LogP contribution < -0.4 is 9.47 Å². The highest BCUT2D eigenvalue weighted by Gasteiger charge is 2.53. The van der Waals surface area contributed by atoms with Crippen molar-refractivity contribution in [2.75, 3.05) is 19.8 Å². The molecule has 4 heterocycles. The Kier molecular flexibility index (Phi) is 17.2. The van der Waals surface area contributed by atoms with Gasteiger partial charge in [0.25, 0.3) is 0 Å². The van der Waals surface area contributed by atoms with Gasteiger partial charge in [-0.15, -0.1) is 0 Å². The van der Waals surface area contributed by atoms with Crippen LogP contribution in [-0.4, -0.2) is 195 Å². The second-order valence-corrected chi connectivity index (χ2v) is 17.7. The number of carbonyl (C=O) groups is 2. The van der Waals surface area contributed by atoms with Gasteiger partial charge in [0.05, 0.1) is 18.2 Å². The third kappa shape index (κ3) is 12.5. The Morgan fingerprint density at radius 2 is 1.04 bits per heavy atom. The lowest BCUT2D eigenvalue weighted by molar-refractivity contribution is -0.358. The van der Waals surface area contributed by atoms with Crippen molar-refractivity contribution in [3.05, 3.63) is 108 Å². The molecule has 0 spiro atoms. The zero-order valence-electron chi connectivity index (χ0n) is 39.4. The summed E-state index contributed by atoms with van der Waals surface area (Å²) in [5, 5.41) is 148. The quantitative estimate of drug-likeness (QED) is 0.0259. The van der Waals surface area contributed by atoms with Gasteiger partial charge in [-0.1, -0.05) is 18.2 Å². The van der Waals surface area contributed by atoms with Gasteiger partial charge in [-0.05, 0) is 71.8 Å². The maximum Gasteiger partial charge on any atom is 0.402 e. The summed E-state index contributed by atoms with van der Waals surface area (Å²) in [6.07, 6.45) is -23.7. The Bertz CT molecular complexity index is 2880. The lowest BCUT2D eigenvalue weighted by Gasteiger charge is -2.45. The first-order chi connectivity index (χ1) is 36.3. The van der Waals surface area contributed by atoms with E-state index in [1.807, 2.05) is 0 Å². The van der Waals surface area contributed by atoms with E-state index in [0.717, 1.165) is 30.4 Å². The van der Waals surface area contributed by atoms with Crippen LogP contribution in [0.4, 0.5) is 0 Å². The summed E-state index contributed by atoms with van der Waals surface area (Å²) < 4.78 is 52.7. The number of phenolic OH excluding ortho intramolecular Hbond substituents is 5. The third-order valence-electron chi connectivity index (χ3n) is 12.4. The SMILES string of the molecule is O=C(/C=C/c1ccc(O)c(O)c1)OC[C@H]1O[C@@H](O[C@H]2[C@H](Oc3cc4c(O[C@@H]5O[C@H](CO)[C@@H](O)[C@@H](O)[C@H]5O)cc(O)cc4[o+]c3-c3ccc(O)cc3)O[C@H](COC(=O)/C=C/c3ccc(O)cc3)[C@@H](O)[C@H]2O)[C@H](O)[C@H](O)[C@@H]1O. The first kappa shape index (κ1) is 55.0.